The number of carbonyl (C=O) groups is 1. The molecule has 6 nitrogen and oxygen atoms in total. The number of ether oxygens (including phenoxy) is 3. The van der Waals surface area contributed by atoms with Crippen molar-refractivity contribution in [2.24, 2.45) is 0 Å². The van der Waals surface area contributed by atoms with Gasteiger partial charge in [-0.1, -0.05) is 18.2 Å². The predicted octanol–water partition coefficient (Wildman–Crippen LogP) is 4.41. The lowest BCUT2D eigenvalue weighted by molar-refractivity contribution is -0.112. The molecule has 0 spiro atoms. The van der Waals surface area contributed by atoms with E-state index in [-0.39, 0.29) is 5.57 Å². The number of fused-ring (bicyclic) bond motifs is 1. The molecule has 1 N–H and O–H groups in total. The second-order valence-corrected chi connectivity index (χ2v) is 6.17. The number of rotatable bonds is 6. The summed E-state index contributed by atoms with van der Waals surface area (Å²) in [7, 11) is 4.67. The van der Waals surface area contributed by atoms with Crippen molar-refractivity contribution < 1.29 is 19.0 Å². The average Bonchev–Trinajstić information content (AvgIpc) is 2.76. The van der Waals surface area contributed by atoms with Gasteiger partial charge in [-0.3, -0.25) is 4.79 Å². The highest BCUT2D eigenvalue weighted by molar-refractivity contribution is 6.10. The third-order valence-corrected chi connectivity index (χ3v) is 4.39. The number of carbonyl (C=O) groups excluding carboxylic acids is 1. The highest BCUT2D eigenvalue weighted by Crippen LogP contribution is 2.30. The summed E-state index contributed by atoms with van der Waals surface area (Å²) in [6.45, 7) is 0. The van der Waals surface area contributed by atoms with Crippen LogP contribution in [0.5, 0.6) is 17.2 Å². The van der Waals surface area contributed by atoms with Gasteiger partial charge in [0, 0.05) is 11.8 Å². The van der Waals surface area contributed by atoms with E-state index in [0.29, 0.717) is 17.2 Å². The third-order valence-electron chi connectivity index (χ3n) is 4.39. The van der Waals surface area contributed by atoms with Crippen molar-refractivity contribution in [3.8, 4) is 23.3 Å². The lowest BCUT2D eigenvalue weighted by Crippen LogP contribution is -2.13. The monoisotopic (exact) mass is 388 g/mol. The molecule has 0 aliphatic heterocycles. The van der Waals surface area contributed by atoms with E-state index in [2.05, 4.69) is 5.32 Å². The number of anilines is 1. The topological polar surface area (TPSA) is 80.6 Å². The second-order valence-electron chi connectivity index (χ2n) is 6.17. The van der Waals surface area contributed by atoms with Gasteiger partial charge in [-0.2, -0.15) is 5.26 Å². The summed E-state index contributed by atoms with van der Waals surface area (Å²) >= 11 is 0. The molecule has 0 aromatic heterocycles. The number of hydrogen-bond donors (Lipinski definition) is 1. The van der Waals surface area contributed by atoms with Crippen molar-refractivity contribution in [1.29, 1.82) is 5.26 Å². The maximum absolute atomic E-state index is 12.6. The summed E-state index contributed by atoms with van der Waals surface area (Å²) in [5.41, 5.74) is 1.24. The van der Waals surface area contributed by atoms with Crippen LogP contribution in [-0.2, 0) is 4.79 Å². The molecule has 6 heteroatoms. The van der Waals surface area contributed by atoms with Gasteiger partial charge in [0.2, 0.25) is 0 Å². The SMILES string of the molecule is COc1ccc2cc(/C=C(\C#N)C(=O)Nc3ccc(OC)c(OC)c3)ccc2c1. The van der Waals surface area contributed by atoms with Crippen LogP contribution in [0.2, 0.25) is 0 Å². The van der Waals surface area contributed by atoms with Crippen molar-refractivity contribution in [3.05, 3.63) is 65.7 Å². The van der Waals surface area contributed by atoms with Crippen molar-refractivity contribution >= 4 is 28.4 Å². The number of hydrogen-bond acceptors (Lipinski definition) is 5. The Balaban J connectivity index is 1.85. The van der Waals surface area contributed by atoms with Gasteiger partial charge >= 0.3 is 0 Å². The van der Waals surface area contributed by atoms with Crippen LogP contribution in [0.4, 0.5) is 5.69 Å². The minimum Gasteiger partial charge on any atom is -0.497 e. The first kappa shape index (κ1) is 19.8. The summed E-state index contributed by atoms with van der Waals surface area (Å²) in [6.07, 6.45) is 1.56. The molecule has 0 atom stereocenters. The zero-order valence-electron chi connectivity index (χ0n) is 16.4. The van der Waals surface area contributed by atoms with Gasteiger partial charge in [0.25, 0.3) is 5.91 Å². The van der Waals surface area contributed by atoms with E-state index < -0.39 is 5.91 Å². The Hall–Kier alpha value is -3.98. The Morgan fingerprint density at radius 1 is 0.897 bits per heavy atom. The van der Waals surface area contributed by atoms with E-state index in [1.807, 2.05) is 42.5 Å². The van der Waals surface area contributed by atoms with Crippen molar-refractivity contribution in [1.82, 2.24) is 0 Å². The van der Waals surface area contributed by atoms with E-state index in [9.17, 15) is 10.1 Å². The lowest BCUT2D eigenvalue weighted by Gasteiger charge is -2.10. The number of nitriles is 1. The van der Waals surface area contributed by atoms with Gasteiger partial charge in [-0.15, -0.1) is 0 Å². The fraction of sp³-hybridized carbons (Fsp3) is 0.130. The standard InChI is InChI=1S/C23H20N2O4/c1-27-20-8-6-16-10-15(4-5-17(16)12-20)11-18(14-24)23(26)25-19-7-9-21(28-2)22(13-19)29-3/h4-13H,1-3H3,(H,25,26)/b18-11+. The van der Waals surface area contributed by atoms with Gasteiger partial charge in [-0.05, 0) is 52.7 Å². The zero-order chi connectivity index (χ0) is 20.8. The molecule has 0 radical (unpaired) electrons. The van der Waals surface area contributed by atoms with Gasteiger partial charge in [0.15, 0.2) is 11.5 Å². The van der Waals surface area contributed by atoms with Gasteiger partial charge in [-0.25, -0.2) is 0 Å². The summed E-state index contributed by atoms with van der Waals surface area (Å²) in [6, 6.07) is 18.4. The first-order valence-electron chi connectivity index (χ1n) is 8.81. The molecular weight excluding hydrogens is 368 g/mol. The minimum atomic E-state index is -0.505. The fourth-order valence-corrected chi connectivity index (χ4v) is 2.89. The summed E-state index contributed by atoms with van der Waals surface area (Å²) in [5.74, 6) is 1.30. The first-order valence-corrected chi connectivity index (χ1v) is 8.81. The molecule has 1 amide bonds. The van der Waals surface area contributed by atoms with Gasteiger partial charge in [0.05, 0.1) is 21.3 Å². The van der Waals surface area contributed by atoms with Crippen LogP contribution in [0.15, 0.2) is 60.2 Å². The molecule has 0 unspecified atom stereocenters. The van der Waals surface area contributed by atoms with Crippen LogP contribution in [0.1, 0.15) is 5.56 Å². The molecule has 0 bridgehead atoms. The predicted molar refractivity (Wildman–Crippen MR) is 112 cm³/mol. The molecule has 3 aromatic carbocycles. The van der Waals surface area contributed by atoms with E-state index in [1.54, 1.807) is 31.4 Å². The number of nitrogens with zero attached hydrogens (tertiary/aromatic N) is 1. The Labute approximate surface area is 168 Å². The summed E-state index contributed by atoms with van der Waals surface area (Å²) in [5, 5.41) is 14.2. The number of amides is 1. The van der Waals surface area contributed by atoms with E-state index in [4.69, 9.17) is 14.2 Å². The van der Waals surface area contributed by atoms with Crippen molar-refractivity contribution in [2.75, 3.05) is 26.6 Å². The van der Waals surface area contributed by atoms with Crippen LogP contribution >= 0.6 is 0 Å². The Morgan fingerprint density at radius 2 is 1.62 bits per heavy atom. The van der Waals surface area contributed by atoms with Crippen LogP contribution < -0.4 is 19.5 Å². The Morgan fingerprint density at radius 3 is 2.31 bits per heavy atom. The third kappa shape index (κ3) is 4.47. The summed E-state index contributed by atoms with van der Waals surface area (Å²) in [4.78, 5) is 12.6. The molecule has 146 valence electrons. The molecule has 0 heterocycles. The van der Waals surface area contributed by atoms with Crippen LogP contribution in [0.3, 0.4) is 0 Å². The smallest absolute Gasteiger partial charge is 0.266 e. The highest BCUT2D eigenvalue weighted by Gasteiger charge is 2.12. The fourth-order valence-electron chi connectivity index (χ4n) is 2.89. The molecular formula is C23H20N2O4. The number of benzene rings is 3. The maximum Gasteiger partial charge on any atom is 0.266 e. The number of nitrogens with one attached hydrogen (secondary N) is 1. The molecule has 0 saturated heterocycles. The van der Waals surface area contributed by atoms with Crippen molar-refractivity contribution in [2.45, 2.75) is 0 Å². The lowest BCUT2D eigenvalue weighted by atomic mass is 10.0. The molecule has 0 aliphatic rings. The molecule has 0 saturated carbocycles. The highest BCUT2D eigenvalue weighted by atomic mass is 16.5. The second kappa shape index (κ2) is 8.81. The largest absolute Gasteiger partial charge is 0.497 e. The van der Waals surface area contributed by atoms with Crippen LogP contribution in [0.25, 0.3) is 16.8 Å². The zero-order valence-corrected chi connectivity index (χ0v) is 16.4. The Bertz CT molecular complexity index is 1130. The molecule has 3 rings (SSSR count). The quantitative estimate of drug-likeness (QED) is 0.500. The van der Waals surface area contributed by atoms with E-state index in [0.717, 1.165) is 22.1 Å². The summed E-state index contributed by atoms with van der Waals surface area (Å²) < 4.78 is 15.6. The van der Waals surface area contributed by atoms with Gasteiger partial charge in [0.1, 0.15) is 17.4 Å². The minimum absolute atomic E-state index is 0.00681. The van der Waals surface area contributed by atoms with Crippen LogP contribution in [-0.4, -0.2) is 27.2 Å². The van der Waals surface area contributed by atoms with E-state index in [1.165, 1.54) is 14.2 Å². The van der Waals surface area contributed by atoms with E-state index >= 15 is 0 Å². The molecule has 3 aromatic rings. The first-order chi connectivity index (χ1) is 14.1. The van der Waals surface area contributed by atoms with Crippen LogP contribution in [0, 0.1) is 11.3 Å². The maximum atomic E-state index is 12.6. The average molecular weight is 388 g/mol. The molecule has 0 fully saturated rings. The molecule has 29 heavy (non-hydrogen) atoms. The number of methoxy groups -OCH3 is 3. The van der Waals surface area contributed by atoms with Gasteiger partial charge < -0.3 is 19.5 Å². The van der Waals surface area contributed by atoms with Crippen molar-refractivity contribution in [3.63, 3.8) is 0 Å². The molecule has 0 aliphatic carbocycles. The normalized spacial score (nSPS) is 10.9. The Kier molecular flexibility index (Phi) is 6.00.